The van der Waals surface area contributed by atoms with Crippen molar-refractivity contribution in [3.05, 3.63) is 255 Å². The number of rotatable bonds is 8. The van der Waals surface area contributed by atoms with E-state index < -0.39 is 8.07 Å². The highest BCUT2D eigenvalue weighted by atomic mass is 28.3. The van der Waals surface area contributed by atoms with E-state index in [1.807, 2.05) is 0 Å². The second-order valence-corrected chi connectivity index (χ2v) is 20.2. The number of fused-ring (bicyclic) bond motifs is 6. The average molecular weight is 819 g/mol. The normalized spacial score (nSPS) is 11.8. The Hall–Kier alpha value is -7.98. The van der Waals surface area contributed by atoms with Gasteiger partial charge in [-0.3, -0.25) is 0 Å². The molecule has 0 saturated carbocycles. The minimum atomic E-state index is -2.91. The molecule has 0 N–H and O–H groups in total. The van der Waals surface area contributed by atoms with Crippen molar-refractivity contribution < 1.29 is 0 Å². The molecule has 0 unspecified atom stereocenters. The first-order chi connectivity index (χ1) is 31.3. The van der Waals surface area contributed by atoms with Crippen molar-refractivity contribution in [1.82, 2.24) is 9.13 Å². The number of para-hydroxylation sites is 3. The molecule has 0 aliphatic rings. The zero-order chi connectivity index (χ0) is 41.7. The number of nitrogens with zero attached hydrogens (tertiary/aromatic N) is 2. The van der Waals surface area contributed by atoms with E-state index in [1.54, 1.807) is 0 Å². The third-order valence-corrected chi connectivity index (χ3v) is 17.9. The molecule has 0 radical (unpaired) electrons. The zero-order valence-electron chi connectivity index (χ0n) is 34.6. The van der Waals surface area contributed by atoms with Crippen molar-refractivity contribution in [2.24, 2.45) is 0 Å². The van der Waals surface area contributed by atoms with Crippen LogP contribution in [0.25, 0.3) is 77.2 Å². The van der Waals surface area contributed by atoms with Crippen molar-refractivity contribution in [3.63, 3.8) is 0 Å². The molecule has 12 rings (SSSR count). The van der Waals surface area contributed by atoms with Crippen LogP contribution in [0.3, 0.4) is 0 Å². The summed E-state index contributed by atoms with van der Waals surface area (Å²) in [5.41, 5.74) is 11.8. The van der Waals surface area contributed by atoms with Gasteiger partial charge in [-0.05, 0) is 67.8 Å². The zero-order valence-corrected chi connectivity index (χ0v) is 35.6. The van der Waals surface area contributed by atoms with Gasteiger partial charge >= 0.3 is 0 Å². The van der Waals surface area contributed by atoms with Crippen LogP contribution >= 0.6 is 0 Å². The lowest BCUT2D eigenvalue weighted by molar-refractivity contribution is 1.13. The summed E-state index contributed by atoms with van der Waals surface area (Å²) in [5.74, 6) is 0. The third-order valence-electron chi connectivity index (χ3n) is 13.0. The maximum Gasteiger partial charge on any atom is 0.180 e. The van der Waals surface area contributed by atoms with Gasteiger partial charge in [-0.15, -0.1) is 0 Å². The fourth-order valence-corrected chi connectivity index (χ4v) is 15.5. The van der Waals surface area contributed by atoms with Crippen molar-refractivity contribution in [2.45, 2.75) is 0 Å². The number of aromatic nitrogens is 2. The Morgan fingerprint density at radius 2 is 0.778 bits per heavy atom. The summed E-state index contributed by atoms with van der Waals surface area (Å²) in [6.07, 6.45) is 0. The highest BCUT2D eigenvalue weighted by Gasteiger charge is 2.43. The topological polar surface area (TPSA) is 9.86 Å². The Morgan fingerprint density at radius 3 is 1.43 bits per heavy atom. The molecule has 0 atom stereocenters. The van der Waals surface area contributed by atoms with Gasteiger partial charge in [0.05, 0.1) is 27.8 Å². The first-order valence-corrected chi connectivity index (χ1v) is 23.8. The summed E-state index contributed by atoms with van der Waals surface area (Å²) in [6.45, 7) is 0. The average Bonchev–Trinajstić information content (AvgIpc) is 3.90. The lowest BCUT2D eigenvalue weighted by Crippen LogP contribution is -2.74. The van der Waals surface area contributed by atoms with Crippen molar-refractivity contribution >= 4 is 72.4 Å². The van der Waals surface area contributed by atoms with Crippen LogP contribution in [0.15, 0.2) is 255 Å². The number of hydrogen-bond acceptors (Lipinski definition) is 0. The monoisotopic (exact) mass is 818 g/mol. The highest BCUT2D eigenvalue weighted by molar-refractivity contribution is 7.20. The van der Waals surface area contributed by atoms with E-state index in [9.17, 15) is 0 Å². The first-order valence-electron chi connectivity index (χ1n) is 21.8. The lowest BCUT2D eigenvalue weighted by atomic mass is 10.0. The van der Waals surface area contributed by atoms with Gasteiger partial charge in [0.15, 0.2) is 8.07 Å². The van der Waals surface area contributed by atoms with Gasteiger partial charge in [-0.2, -0.15) is 0 Å². The Balaban J connectivity index is 1.23. The molecule has 10 aromatic carbocycles. The van der Waals surface area contributed by atoms with E-state index >= 15 is 0 Å². The van der Waals surface area contributed by atoms with Gasteiger partial charge < -0.3 is 9.13 Å². The standard InChI is InChI=1S/C60H42N2Si/c1-6-22-43(23-7-1)45-26-18-27-46(42-45)61-59-50(44-24-8-2-9-25-44)35-19-36-51(59)52-37-20-40-56(60(52)61)62-54-38-17-16-34-53(54)58-55(62)39-21-41-57(58)63(47-28-10-3-11-29-47,48-30-12-4-13-31-48)49-32-14-5-15-33-49/h1-42H. The Bertz CT molecular complexity index is 3500. The van der Waals surface area contributed by atoms with Crippen LogP contribution < -0.4 is 20.7 Å². The molecular formula is C60H42N2Si. The SMILES string of the molecule is c1ccc(-c2cccc(-n3c4c(-c5ccccc5)cccc4c4cccc(-n5c6ccccc6c6c([Si](c7ccccc7)(c7ccccc7)c7ccccc7)cccc65)c43)c2)cc1. The fourth-order valence-electron chi connectivity index (χ4n) is 10.5. The molecule has 0 saturated heterocycles. The third kappa shape index (κ3) is 5.78. The van der Waals surface area contributed by atoms with Gasteiger partial charge in [0.1, 0.15) is 0 Å². The van der Waals surface area contributed by atoms with E-state index in [0.29, 0.717) is 0 Å². The minimum absolute atomic E-state index is 1.12. The predicted molar refractivity (Wildman–Crippen MR) is 270 cm³/mol. The Labute approximate surface area is 368 Å². The molecule has 2 aromatic heterocycles. The van der Waals surface area contributed by atoms with Gasteiger partial charge in [0, 0.05) is 32.8 Å². The van der Waals surface area contributed by atoms with Crippen LogP contribution in [0.5, 0.6) is 0 Å². The van der Waals surface area contributed by atoms with E-state index in [1.165, 1.54) is 86.6 Å². The van der Waals surface area contributed by atoms with Crippen LogP contribution in [0, 0.1) is 0 Å². The Morgan fingerprint density at radius 1 is 0.302 bits per heavy atom. The van der Waals surface area contributed by atoms with Crippen LogP contribution in [0.1, 0.15) is 0 Å². The van der Waals surface area contributed by atoms with Gasteiger partial charge in [0.25, 0.3) is 0 Å². The molecule has 3 heteroatoms. The summed E-state index contributed by atoms with van der Waals surface area (Å²) in [7, 11) is -2.91. The number of benzene rings is 10. The van der Waals surface area contributed by atoms with Gasteiger partial charge in [0.2, 0.25) is 0 Å². The van der Waals surface area contributed by atoms with Crippen LogP contribution in [0.4, 0.5) is 0 Å². The summed E-state index contributed by atoms with van der Waals surface area (Å²) < 4.78 is 5.09. The van der Waals surface area contributed by atoms with Crippen molar-refractivity contribution in [1.29, 1.82) is 0 Å². The molecule has 2 heterocycles. The van der Waals surface area contributed by atoms with E-state index in [0.717, 1.165) is 11.4 Å². The summed E-state index contributed by atoms with van der Waals surface area (Å²) >= 11 is 0. The molecule has 0 spiro atoms. The highest BCUT2D eigenvalue weighted by Crippen LogP contribution is 2.43. The summed E-state index contributed by atoms with van der Waals surface area (Å²) in [5, 5.41) is 10.5. The Kier molecular flexibility index (Phi) is 8.87. The molecule has 0 aliphatic heterocycles. The molecule has 0 bridgehead atoms. The maximum absolute atomic E-state index is 2.91. The molecule has 12 aromatic rings. The minimum Gasteiger partial charge on any atom is -0.307 e. The molecule has 2 nitrogen and oxygen atoms in total. The maximum atomic E-state index is 2.55. The van der Waals surface area contributed by atoms with Crippen LogP contribution in [-0.2, 0) is 0 Å². The second-order valence-electron chi connectivity index (χ2n) is 16.4. The second kappa shape index (κ2) is 15.2. The predicted octanol–water partition coefficient (Wildman–Crippen LogP) is 12.6. The quantitative estimate of drug-likeness (QED) is 0.107. The molecule has 296 valence electrons. The van der Waals surface area contributed by atoms with Gasteiger partial charge in [-0.25, -0.2) is 0 Å². The molecule has 0 fully saturated rings. The molecule has 0 amide bonds. The molecule has 63 heavy (non-hydrogen) atoms. The lowest BCUT2D eigenvalue weighted by Gasteiger charge is -2.35. The largest absolute Gasteiger partial charge is 0.307 e. The van der Waals surface area contributed by atoms with E-state index in [2.05, 4.69) is 264 Å². The fraction of sp³-hybridized carbons (Fsp3) is 0. The van der Waals surface area contributed by atoms with E-state index in [-0.39, 0.29) is 0 Å². The first kappa shape index (κ1) is 36.8. The van der Waals surface area contributed by atoms with Crippen LogP contribution in [0.2, 0.25) is 0 Å². The van der Waals surface area contributed by atoms with Crippen molar-refractivity contribution in [3.8, 4) is 33.6 Å². The van der Waals surface area contributed by atoms with Crippen LogP contribution in [-0.4, -0.2) is 17.2 Å². The van der Waals surface area contributed by atoms with E-state index in [4.69, 9.17) is 0 Å². The smallest absolute Gasteiger partial charge is 0.180 e. The summed E-state index contributed by atoms with van der Waals surface area (Å²) in [6, 6.07) is 94.3. The molecular weight excluding hydrogens is 777 g/mol. The summed E-state index contributed by atoms with van der Waals surface area (Å²) in [4.78, 5) is 0. The molecule has 0 aliphatic carbocycles. The van der Waals surface area contributed by atoms with Gasteiger partial charge in [-0.1, -0.05) is 224 Å². The van der Waals surface area contributed by atoms with Crippen molar-refractivity contribution in [2.75, 3.05) is 0 Å². The number of hydrogen-bond donors (Lipinski definition) is 0.